The number of rotatable bonds is 4. The van der Waals surface area contributed by atoms with E-state index in [1.54, 1.807) is 17.6 Å². The van der Waals surface area contributed by atoms with Gasteiger partial charge >= 0.3 is 5.97 Å². The van der Waals surface area contributed by atoms with E-state index in [-0.39, 0.29) is 18.2 Å². The van der Waals surface area contributed by atoms with Crippen LogP contribution in [0.15, 0.2) is 16.6 Å². The number of nitrogens with zero attached hydrogens (tertiary/aromatic N) is 1. The minimum atomic E-state index is -0.369. The molecule has 2 rings (SSSR count). The molecule has 0 saturated heterocycles. The molecule has 0 amide bonds. The zero-order valence-corrected chi connectivity index (χ0v) is 12.6. The molecule has 2 aromatic rings. The van der Waals surface area contributed by atoms with Crippen molar-refractivity contribution in [3.63, 3.8) is 0 Å². The smallest absolute Gasteiger partial charge is 0.307 e. The van der Waals surface area contributed by atoms with E-state index in [4.69, 9.17) is 17.0 Å². The molecule has 1 aromatic carbocycles. The van der Waals surface area contributed by atoms with Crippen LogP contribution in [-0.2, 0) is 16.1 Å². The van der Waals surface area contributed by atoms with Crippen molar-refractivity contribution in [3.8, 4) is 0 Å². The lowest BCUT2D eigenvalue weighted by atomic mass is 10.3. The highest BCUT2D eigenvalue weighted by atomic mass is 79.9. The Morgan fingerprint density at radius 1 is 1.58 bits per heavy atom. The number of ether oxygens (including phenoxy) is 1. The lowest BCUT2D eigenvalue weighted by molar-refractivity contribution is -0.143. The van der Waals surface area contributed by atoms with Crippen LogP contribution in [0.5, 0.6) is 0 Å². The van der Waals surface area contributed by atoms with Crippen LogP contribution in [0.2, 0.25) is 0 Å². The minimum Gasteiger partial charge on any atom is -0.466 e. The normalized spacial score (nSPS) is 10.9. The lowest BCUT2D eigenvalue weighted by Crippen LogP contribution is -2.09. The van der Waals surface area contributed by atoms with Gasteiger partial charge in [0.1, 0.15) is 5.82 Å². The molecule has 19 heavy (non-hydrogen) atoms. The minimum absolute atomic E-state index is 0.201. The molecule has 0 bridgehead atoms. The first kappa shape index (κ1) is 14.2. The summed E-state index contributed by atoms with van der Waals surface area (Å²) in [4.78, 5) is 14.3. The summed E-state index contributed by atoms with van der Waals surface area (Å²) in [5, 5.41) is 0. The predicted octanol–water partition coefficient (Wildman–Crippen LogP) is 3.55. The molecule has 0 radical (unpaired) electrons. The SMILES string of the molecule is CCOC(=O)CCn1c(=S)[nH]c2cc(Br)c(F)cc21. The van der Waals surface area contributed by atoms with Crippen molar-refractivity contribution in [2.75, 3.05) is 6.61 Å². The van der Waals surface area contributed by atoms with Crippen molar-refractivity contribution in [3.05, 3.63) is 27.2 Å². The Labute approximate surface area is 122 Å². The summed E-state index contributed by atoms with van der Waals surface area (Å²) in [5.41, 5.74) is 1.36. The highest BCUT2D eigenvalue weighted by Crippen LogP contribution is 2.23. The van der Waals surface area contributed by atoms with E-state index in [2.05, 4.69) is 20.9 Å². The zero-order valence-electron chi connectivity index (χ0n) is 10.2. The van der Waals surface area contributed by atoms with Crippen molar-refractivity contribution >= 4 is 45.2 Å². The number of H-pyrrole nitrogens is 1. The number of carbonyl (C=O) groups is 1. The Hall–Kier alpha value is -1.21. The Balaban J connectivity index is 2.32. The van der Waals surface area contributed by atoms with Crippen LogP contribution in [0.1, 0.15) is 13.3 Å². The van der Waals surface area contributed by atoms with E-state index >= 15 is 0 Å². The van der Waals surface area contributed by atoms with Gasteiger partial charge in [0.05, 0.1) is 28.5 Å². The lowest BCUT2D eigenvalue weighted by Gasteiger charge is -2.05. The molecular weight excluding hydrogens is 335 g/mol. The van der Waals surface area contributed by atoms with E-state index in [0.717, 1.165) is 5.52 Å². The third kappa shape index (κ3) is 3.03. The second kappa shape index (κ2) is 5.83. The van der Waals surface area contributed by atoms with Gasteiger partial charge in [-0.3, -0.25) is 4.79 Å². The van der Waals surface area contributed by atoms with E-state index in [9.17, 15) is 9.18 Å². The van der Waals surface area contributed by atoms with E-state index in [1.165, 1.54) is 6.07 Å². The maximum Gasteiger partial charge on any atom is 0.307 e. The van der Waals surface area contributed by atoms with Crippen LogP contribution in [0.25, 0.3) is 11.0 Å². The summed E-state index contributed by atoms with van der Waals surface area (Å²) in [7, 11) is 0. The molecule has 1 heterocycles. The second-order valence-electron chi connectivity index (χ2n) is 3.92. The monoisotopic (exact) mass is 346 g/mol. The maximum atomic E-state index is 13.6. The number of carbonyl (C=O) groups excluding carboxylic acids is 1. The van der Waals surface area contributed by atoms with Gasteiger partial charge in [-0.05, 0) is 41.1 Å². The van der Waals surface area contributed by atoms with Gasteiger partial charge in [-0.15, -0.1) is 0 Å². The van der Waals surface area contributed by atoms with E-state index < -0.39 is 0 Å². The van der Waals surface area contributed by atoms with Crippen LogP contribution < -0.4 is 0 Å². The molecule has 0 saturated carbocycles. The molecule has 0 atom stereocenters. The van der Waals surface area contributed by atoms with E-state index in [1.807, 2.05) is 0 Å². The number of halogens is 2. The third-order valence-corrected chi connectivity index (χ3v) is 3.59. The van der Waals surface area contributed by atoms with Gasteiger partial charge in [0, 0.05) is 12.6 Å². The average Bonchev–Trinajstić information content (AvgIpc) is 2.63. The van der Waals surface area contributed by atoms with E-state index in [0.29, 0.717) is 27.9 Å². The van der Waals surface area contributed by atoms with Gasteiger partial charge < -0.3 is 14.3 Å². The molecule has 0 aliphatic carbocycles. The standard InChI is InChI=1S/C12H12BrFN2O2S/c1-2-18-11(17)3-4-16-10-6-8(14)7(13)5-9(10)15-12(16)19/h5-6H,2-4H2,1H3,(H,15,19). The van der Waals surface area contributed by atoms with Crippen molar-refractivity contribution in [2.45, 2.75) is 19.9 Å². The van der Waals surface area contributed by atoms with Crippen molar-refractivity contribution in [2.24, 2.45) is 0 Å². The number of benzene rings is 1. The number of hydrogen-bond donors (Lipinski definition) is 1. The molecular formula is C12H12BrFN2O2S. The third-order valence-electron chi connectivity index (χ3n) is 2.66. The van der Waals surface area contributed by atoms with Crippen molar-refractivity contribution in [1.82, 2.24) is 9.55 Å². The first-order chi connectivity index (χ1) is 9.02. The Bertz CT molecular complexity index is 680. The fourth-order valence-electron chi connectivity index (χ4n) is 1.81. The van der Waals surface area contributed by atoms with Gasteiger partial charge in [-0.25, -0.2) is 4.39 Å². The molecule has 102 valence electrons. The molecule has 0 fully saturated rings. The summed E-state index contributed by atoms with van der Waals surface area (Å²) in [6.45, 7) is 2.46. The number of aromatic nitrogens is 2. The van der Waals surface area contributed by atoms with Crippen molar-refractivity contribution < 1.29 is 13.9 Å². The molecule has 1 aromatic heterocycles. The molecule has 7 heteroatoms. The second-order valence-corrected chi connectivity index (χ2v) is 5.16. The number of aryl methyl sites for hydroxylation is 1. The topological polar surface area (TPSA) is 47.0 Å². The van der Waals surface area contributed by atoms with Crippen LogP contribution in [0, 0.1) is 10.6 Å². The summed E-state index contributed by atoms with van der Waals surface area (Å²) >= 11 is 8.29. The Morgan fingerprint density at radius 2 is 2.32 bits per heavy atom. The first-order valence-electron chi connectivity index (χ1n) is 5.76. The largest absolute Gasteiger partial charge is 0.466 e. The molecule has 0 aliphatic heterocycles. The Morgan fingerprint density at radius 3 is 3.00 bits per heavy atom. The average molecular weight is 347 g/mol. The van der Waals surface area contributed by atoms with Crippen LogP contribution in [0.4, 0.5) is 4.39 Å². The van der Waals surface area contributed by atoms with Gasteiger partial charge in [-0.1, -0.05) is 0 Å². The van der Waals surface area contributed by atoms with Crippen molar-refractivity contribution in [1.29, 1.82) is 0 Å². The zero-order chi connectivity index (χ0) is 14.0. The Kier molecular flexibility index (Phi) is 4.36. The summed E-state index contributed by atoms with van der Waals surface area (Å²) in [5.74, 6) is -0.664. The van der Waals surface area contributed by atoms with Crippen LogP contribution in [0.3, 0.4) is 0 Å². The number of imidazole rings is 1. The highest BCUT2D eigenvalue weighted by molar-refractivity contribution is 9.10. The summed E-state index contributed by atoms with van der Waals surface area (Å²) in [6.07, 6.45) is 0.201. The molecule has 4 nitrogen and oxygen atoms in total. The molecule has 1 N–H and O–H groups in total. The first-order valence-corrected chi connectivity index (χ1v) is 6.96. The molecule has 0 spiro atoms. The number of nitrogens with one attached hydrogen (secondary N) is 1. The number of fused-ring (bicyclic) bond motifs is 1. The van der Waals surface area contributed by atoms with Gasteiger partial charge in [0.15, 0.2) is 4.77 Å². The van der Waals surface area contributed by atoms with Crippen LogP contribution in [-0.4, -0.2) is 22.1 Å². The summed E-state index contributed by atoms with van der Waals surface area (Å²) in [6, 6.07) is 3.01. The number of hydrogen-bond acceptors (Lipinski definition) is 3. The highest BCUT2D eigenvalue weighted by Gasteiger charge is 2.10. The van der Waals surface area contributed by atoms with Gasteiger partial charge in [-0.2, -0.15) is 0 Å². The number of aromatic amines is 1. The quantitative estimate of drug-likeness (QED) is 0.680. The summed E-state index contributed by atoms with van der Waals surface area (Å²) < 4.78 is 20.9. The fourth-order valence-corrected chi connectivity index (χ4v) is 2.45. The molecule has 0 aliphatic rings. The fraction of sp³-hybridized carbons (Fsp3) is 0.333. The maximum absolute atomic E-state index is 13.6. The molecule has 0 unspecified atom stereocenters. The number of esters is 1. The predicted molar refractivity (Wildman–Crippen MR) is 76.0 cm³/mol. The van der Waals surface area contributed by atoms with Gasteiger partial charge in [0.2, 0.25) is 0 Å². The van der Waals surface area contributed by atoms with Crippen LogP contribution >= 0.6 is 28.1 Å². The van der Waals surface area contributed by atoms with Gasteiger partial charge in [0.25, 0.3) is 0 Å².